The monoisotopic (exact) mass is 333 g/mol. The molecule has 0 saturated carbocycles. The molecule has 0 radical (unpaired) electrons. The van der Waals surface area contributed by atoms with E-state index in [-0.39, 0.29) is 11.4 Å². The van der Waals surface area contributed by atoms with Crippen molar-refractivity contribution in [1.29, 1.82) is 0 Å². The molecule has 0 unspecified atom stereocenters. The van der Waals surface area contributed by atoms with Crippen LogP contribution in [0.2, 0.25) is 0 Å². The second kappa shape index (κ2) is 6.23. The van der Waals surface area contributed by atoms with Crippen LogP contribution in [-0.2, 0) is 4.79 Å². The van der Waals surface area contributed by atoms with E-state index in [1.54, 1.807) is 0 Å². The molecule has 7 nitrogen and oxygen atoms in total. The highest BCUT2D eigenvalue weighted by atomic mass is 19.1. The zero-order valence-electron chi connectivity index (χ0n) is 13.4. The number of aromatic nitrogens is 2. The Hall–Kier alpha value is -3.03. The van der Waals surface area contributed by atoms with Crippen molar-refractivity contribution < 1.29 is 19.1 Å². The summed E-state index contributed by atoms with van der Waals surface area (Å²) in [5.41, 5.74) is -2.36. The SMILES string of the molecule is CN(C(=O)c1ccc(=O)n(-c2ccccc2F)n1)C(C)(C)C(=O)O. The number of hydrogen-bond acceptors (Lipinski definition) is 4. The fraction of sp³-hybridized carbons (Fsp3) is 0.250. The number of rotatable bonds is 4. The number of nitrogens with zero attached hydrogens (tertiary/aromatic N) is 3. The second-order valence-corrected chi connectivity index (χ2v) is 5.65. The van der Waals surface area contributed by atoms with Crippen LogP contribution in [0.4, 0.5) is 4.39 Å². The summed E-state index contributed by atoms with van der Waals surface area (Å²) in [5.74, 6) is -2.57. The highest BCUT2D eigenvalue weighted by Gasteiger charge is 2.36. The Morgan fingerprint density at radius 1 is 1.21 bits per heavy atom. The van der Waals surface area contributed by atoms with Gasteiger partial charge in [-0.2, -0.15) is 9.78 Å². The molecule has 0 fully saturated rings. The van der Waals surface area contributed by atoms with Gasteiger partial charge in [0.05, 0.1) is 0 Å². The van der Waals surface area contributed by atoms with Crippen molar-refractivity contribution in [2.75, 3.05) is 7.05 Å². The molecule has 2 aromatic rings. The Balaban J connectivity index is 2.49. The van der Waals surface area contributed by atoms with Crippen LogP contribution in [0, 0.1) is 5.82 Å². The van der Waals surface area contributed by atoms with E-state index in [1.165, 1.54) is 45.2 Å². The first-order valence-electron chi connectivity index (χ1n) is 7.03. The number of amides is 1. The summed E-state index contributed by atoms with van der Waals surface area (Å²) in [6.45, 7) is 2.72. The second-order valence-electron chi connectivity index (χ2n) is 5.65. The maximum Gasteiger partial charge on any atom is 0.329 e. The van der Waals surface area contributed by atoms with Crippen LogP contribution in [0.15, 0.2) is 41.2 Å². The summed E-state index contributed by atoms with van der Waals surface area (Å²) < 4.78 is 14.6. The van der Waals surface area contributed by atoms with Crippen molar-refractivity contribution in [2.45, 2.75) is 19.4 Å². The Morgan fingerprint density at radius 2 is 1.83 bits per heavy atom. The molecule has 126 valence electrons. The van der Waals surface area contributed by atoms with Crippen LogP contribution in [0.3, 0.4) is 0 Å². The molecule has 0 aliphatic carbocycles. The van der Waals surface area contributed by atoms with E-state index in [9.17, 15) is 23.9 Å². The summed E-state index contributed by atoms with van der Waals surface area (Å²) in [6.07, 6.45) is 0. The number of carbonyl (C=O) groups is 2. The van der Waals surface area contributed by atoms with E-state index in [1.807, 2.05) is 0 Å². The molecule has 0 aliphatic rings. The number of aliphatic carboxylic acids is 1. The molecule has 1 heterocycles. The first-order chi connectivity index (χ1) is 11.2. The highest BCUT2D eigenvalue weighted by Crippen LogP contribution is 2.16. The topological polar surface area (TPSA) is 92.5 Å². The Kier molecular flexibility index (Phi) is 4.50. The molecule has 1 aromatic heterocycles. The average Bonchev–Trinajstić information content (AvgIpc) is 2.54. The van der Waals surface area contributed by atoms with E-state index in [2.05, 4.69) is 5.10 Å². The van der Waals surface area contributed by atoms with Crippen LogP contribution in [0.1, 0.15) is 24.3 Å². The van der Waals surface area contributed by atoms with Gasteiger partial charge in [0.2, 0.25) is 0 Å². The molecule has 0 saturated heterocycles. The predicted octanol–water partition coefficient (Wildman–Crippen LogP) is 1.31. The van der Waals surface area contributed by atoms with Gasteiger partial charge in [-0.3, -0.25) is 9.59 Å². The summed E-state index contributed by atoms with van der Waals surface area (Å²) in [5, 5.41) is 13.1. The minimum absolute atomic E-state index is 0.0997. The molecule has 0 atom stereocenters. The molecule has 8 heteroatoms. The number of carboxylic acids is 1. The zero-order chi connectivity index (χ0) is 18.1. The van der Waals surface area contributed by atoms with Crippen LogP contribution in [0.25, 0.3) is 5.69 Å². The number of benzene rings is 1. The van der Waals surface area contributed by atoms with Gasteiger partial charge < -0.3 is 10.0 Å². The van der Waals surface area contributed by atoms with Crippen LogP contribution >= 0.6 is 0 Å². The number of para-hydroxylation sites is 1. The van der Waals surface area contributed by atoms with Crippen molar-refractivity contribution in [3.63, 3.8) is 0 Å². The van der Waals surface area contributed by atoms with Gasteiger partial charge >= 0.3 is 5.97 Å². The molecule has 24 heavy (non-hydrogen) atoms. The van der Waals surface area contributed by atoms with Gasteiger partial charge in [0.15, 0.2) is 0 Å². The van der Waals surface area contributed by atoms with Gasteiger partial charge in [-0.15, -0.1) is 0 Å². The number of likely N-dealkylation sites (N-methyl/N-ethyl adjacent to an activating group) is 1. The molecule has 2 rings (SSSR count). The lowest BCUT2D eigenvalue weighted by molar-refractivity contribution is -0.147. The molecule has 0 spiro atoms. The maximum absolute atomic E-state index is 13.9. The van der Waals surface area contributed by atoms with Gasteiger partial charge in [-0.1, -0.05) is 12.1 Å². The number of carboxylic acid groups (broad SMARTS) is 1. The van der Waals surface area contributed by atoms with Crippen LogP contribution < -0.4 is 5.56 Å². The van der Waals surface area contributed by atoms with Crippen LogP contribution in [0.5, 0.6) is 0 Å². The summed E-state index contributed by atoms with van der Waals surface area (Å²) in [7, 11) is 1.32. The lowest BCUT2D eigenvalue weighted by Crippen LogP contribution is -2.51. The third kappa shape index (κ3) is 3.03. The third-order valence-corrected chi connectivity index (χ3v) is 3.77. The standard InChI is InChI=1S/C16H16FN3O4/c1-16(2,15(23)24)19(3)14(22)11-8-9-13(21)20(18-11)12-7-5-4-6-10(12)17/h4-9H,1-3H3,(H,23,24). The lowest BCUT2D eigenvalue weighted by Gasteiger charge is -2.31. The Labute approximate surface area is 137 Å². The molecule has 1 N–H and O–H groups in total. The van der Waals surface area contributed by atoms with Crippen molar-refractivity contribution in [2.24, 2.45) is 0 Å². The first kappa shape index (κ1) is 17.3. The minimum atomic E-state index is -1.47. The van der Waals surface area contributed by atoms with E-state index in [0.717, 1.165) is 21.7 Å². The maximum atomic E-state index is 13.9. The van der Waals surface area contributed by atoms with Gasteiger partial charge in [-0.05, 0) is 32.0 Å². The first-order valence-corrected chi connectivity index (χ1v) is 7.03. The van der Waals surface area contributed by atoms with E-state index >= 15 is 0 Å². The average molecular weight is 333 g/mol. The van der Waals surface area contributed by atoms with E-state index < -0.39 is 28.8 Å². The van der Waals surface area contributed by atoms with Gasteiger partial charge in [0.25, 0.3) is 11.5 Å². The van der Waals surface area contributed by atoms with Gasteiger partial charge in [0.1, 0.15) is 22.7 Å². The van der Waals surface area contributed by atoms with Crippen molar-refractivity contribution in [3.05, 3.63) is 58.3 Å². The molecular formula is C16H16FN3O4. The van der Waals surface area contributed by atoms with Gasteiger partial charge in [-0.25, -0.2) is 9.18 Å². The normalized spacial score (nSPS) is 11.2. The summed E-state index contributed by atoms with van der Waals surface area (Å²) in [6, 6.07) is 7.76. The summed E-state index contributed by atoms with van der Waals surface area (Å²) >= 11 is 0. The minimum Gasteiger partial charge on any atom is -0.480 e. The quantitative estimate of drug-likeness (QED) is 0.910. The zero-order valence-corrected chi connectivity index (χ0v) is 13.4. The Morgan fingerprint density at radius 3 is 2.42 bits per heavy atom. The predicted molar refractivity (Wildman–Crippen MR) is 83.6 cm³/mol. The van der Waals surface area contributed by atoms with Crippen molar-refractivity contribution in [1.82, 2.24) is 14.7 Å². The smallest absolute Gasteiger partial charge is 0.329 e. The number of carbonyl (C=O) groups excluding carboxylic acids is 1. The van der Waals surface area contributed by atoms with Gasteiger partial charge in [0, 0.05) is 13.1 Å². The molecule has 0 bridgehead atoms. The molecular weight excluding hydrogens is 317 g/mol. The van der Waals surface area contributed by atoms with Crippen molar-refractivity contribution >= 4 is 11.9 Å². The molecule has 1 aromatic carbocycles. The van der Waals surface area contributed by atoms with Crippen LogP contribution in [-0.4, -0.2) is 44.3 Å². The van der Waals surface area contributed by atoms with E-state index in [0.29, 0.717) is 0 Å². The fourth-order valence-electron chi connectivity index (χ4n) is 1.89. The fourth-order valence-corrected chi connectivity index (χ4v) is 1.89. The molecule has 0 aliphatic heterocycles. The summed E-state index contributed by atoms with van der Waals surface area (Å²) in [4.78, 5) is 36.7. The largest absolute Gasteiger partial charge is 0.480 e. The number of hydrogen-bond donors (Lipinski definition) is 1. The number of halogens is 1. The molecule has 1 amide bonds. The highest BCUT2D eigenvalue weighted by molar-refractivity contribution is 5.95. The Bertz CT molecular complexity index is 860. The van der Waals surface area contributed by atoms with Crippen molar-refractivity contribution in [3.8, 4) is 5.69 Å². The third-order valence-electron chi connectivity index (χ3n) is 3.77. The lowest BCUT2D eigenvalue weighted by atomic mass is 10.0. The van der Waals surface area contributed by atoms with E-state index in [4.69, 9.17) is 0 Å².